The molecule has 1 aromatic rings. The summed E-state index contributed by atoms with van der Waals surface area (Å²) < 4.78 is 38.1. The van der Waals surface area contributed by atoms with E-state index >= 15 is 0 Å². The lowest BCUT2D eigenvalue weighted by molar-refractivity contribution is -0.163. The molecule has 1 amide bonds. The Morgan fingerprint density at radius 1 is 1.28 bits per heavy atom. The Morgan fingerprint density at radius 2 is 1.89 bits per heavy atom. The SMILES string of the molecule is NNc1ccccc1C(=O)NC1(C(F)(F)F)CC1. The van der Waals surface area contributed by atoms with Crippen molar-refractivity contribution in [3.63, 3.8) is 0 Å². The quantitative estimate of drug-likeness (QED) is 0.572. The van der Waals surface area contributed by atoms with E-state index in [9.17, 15) is 18.0 Å². The number of carbonyl (C=O) groups excluding carboxylic acids is 1. The van der Waals surface area contributed by atoms with Crippen molar-refractivity contribution in [3.8, 4) is 0 Å². The molecule has 7 heteroatoms. The molecule has 0 atom stereocenters. The van der Waals surface area contributed by atoms with Crippen molar-refractivity contribution < 1.29 is 18.0 Å². The van der Waals surface area contributed by atoms with Crippen LogP contribution in [0.2, 0.25) is 0 Å². The topological polar surface area (TPSA) is 67.1 Å². The molecule has 98 valence electrons. The number of hydrazine groups is 1. The summed E-state index contributed by atoms with van der Waals surface area (Å²) in [4.78, 5) is 11.8. The molecule has 1 saturated carbocycles. The number of hydrogen-bond donors (Lipinski definition) is 3. The van der Waals surface area contributed by atoms with Gasteiger partial charge in [-0.25, -0.2) is 0 Å². The molecule has 18 heavy (non-hydrogen) atoms. The Balaban J connectivity index is 2.19. The number of halogens is 3. The molecule has 0 spiro atoms. The molecule has 4 N–H and O–H groups in total. The zero-order valence-corrected chi connectivity index (χ0v) is 9.34. The number of para-hydroxylation sites is 1. The van der Waals surface area contributed by atoms with Gasteiger partial charge < -0.3 is 10.7 Å². The van der Waals surface area contributed by atoms with E-state index in [1.807, 2.05) is 5.32 Å². The van der Waals surface area contributed by atoms with Gasteiger partial charge in [-0.15, -0.1) is 0 Å². The molecule has 1 fully saturated rings. The van der Waals surface area contributed by atoms with E-state index in [4.69, 9.17) is 5.84 Å². The fourth-order valence-corrected chi connectivity index (χ4v) is 1.70. The van der Waals surface area contributed by atoms with Gasteiger partial charge in [-0.1, -0.05) is 12.1 Å². The number of anilines is 1. The Morgan fingerprint density at radius 3 is 2.39 bits per heavy atom. The van der Waals surface area contributed by atoms with Crippen molar-refractivity contribution in [2.24, 2.45) is 5.84 Å². The third kappa shape index (κ3) is 2.13. The highest BCUT2D eigenvalue weighted by Gasteiger charge is 2.64. The highest BCUT2D eigenvalue weighted by atomic mass is 19.4. The van der Waals surface area contributed by atoms with Crippen LogP contribution in [0.4, 0.5) is 18.9 Å². The molecule has 0 aliphatic heterocycles. The Hall–Kier alpha value is -1.76. The van der Waals surface area contributed by atoms with Gasteiger partial charge >= 0.3 is 6.18 Å². The molecular weight excluding hydrogens is 247 g/mol. The van der Waals surface area contributed by atoms with Crippen molar-refractivity contribution in [3.05, 3.63) is 29.8 Å². The van der Waals surface area contributed by atoms with Gasteiger partial charge in [0.25, 0.3) is 5.91 Å². The van der Waals surface area contributed by atoms with E-state index in [1.54, 1.807) is 12.1 Å². The van der Waals surface area contributed by atoms with Crippen LogP contribution >= 0.6 is 0 Å². The van der Waals surface area contributed by atoms with Crippen molar-refractivity contribution in [2.75, 3.05) is 5.43 Å². The molecule has 0 heterocycles. The first-order valence-electron chi connectivity index (χ1n) is 5.34. The van der Waals surface area contributed by atoms with Gasteiger partial charge in [0.2, 0.25) is 0 Å². The normalized spacial score (nSPS) is 17.1. The number of rotatable bonds is 3. The van der Waals surface area contributed by atoms with Crippen LogP contribution in [0.1, 0.15) is 23.2 Å². The van der Waals surface area contributed by atoms with Crippen molar-refractivity contribution in [2.45, 2.75) is 24.6 Å². The molecule has 0 bridgehead atoms. The van der Waals surface area contributed by atoms with Gasteiger partial charge in [0, 0.05) is 0 Å². The standard InChI is InChI=1S/C11H12F3N3O/c12-11(13,14)10(5-6-10)16-9(18)7-3-1-2-4-8(7)17-15/h1-4,17H,5-6,15H2,(H,16,18). The maximum absolute atomic E-state index is 12.7. The summed E-state index contributed by atoms with van der Waals surface area (Å²) in [6.45, 7) is 0. The molecule has 1 aromatic carbocycles. The van der Waals surface area contributed by atoms with Crippen molar-refractivity contribution in [1.29, 1.82) is 0 Å². The number of amides is 1. The lowest BCUT2D eigenvalue weighted by Crippen LogP contribution is -2.48. The zero-order valence-electron chi connectivity index (χ0n) is 9.34. The predicted molar refractivity (Wildman–Crippen MR) is 59.7 cm³/mol. The second-order valence-electron chi connectivity index (χ2n) is 4.22. The second kappa shape index (κ2) is 4.16. The third-order valence-corrected chi connectivity index (χ3v) is 2.97. The molecular formula is C11H12F3N3O. The summed E-state index contributed by atoms with van der Waals surface area (Å²) in [5.41, 5.74) is 0.594. The molecule has 4 nitrogen and oxygen atoms in total. The van der Waals surface area contributed by atoms with Crippen molar-refractivity contribution >= 4 is 11.6 Å². The van der Waals surface area contributed by atoms with Crippen LogP contribution in [-0.2, 0) is 0 Å². The maximum Gasteiger partial charge on any atom is 0.411 e. The van der Waals surface area contributed by atoms with E-state index in [1.165, 1.54) is 12.1 Å². The van der Waals surface area contributed by atoms with Gasteiger partial charge in [0.1, 0.15) is 5.54 Å². The Kier molecular flexibility index (Phi) is 2.94. The van der Waals surface area contributed by atoms with E-state index in [0.29, 0.717) is 0 Å². The summed E-state index contributed by atoms with van der Waals surface area (Å²) in [7, 11) is 0. The fraction of sp³-hybridized carbons (Fsp3) is 0.364. The zero-order chi connectivity index (χ0) is 13.4. The molecule has 2 rings (SSSR count). The molecule has 0 unspecified atom stereocenters. The summed E-state index contributed by atoms with van der Waals surface area (Å²) in [5.74, 6) is 4.42. The van der Waals surface area contributed by atoms with E-state index in [2.05, 4.69) is 5.43 Å². The van der Waals surface area contributed by atoms with Gasteiger partial charge in [-0.2, -0.15) is 13.2 Å². The van der Waals surface area contributed by atoms with Crippen LogP contribution < -0.4 is 16.6 Å². The number of nitrogen functional groups attached to an aromatic ring is 1. The number of nitrogens with two attached hydrogens (primary N) is 1. The van der Waals surface area contributed by atoms with Gasteiger partial charge in [0.05, 0.1) is 11.3 Å². The van der Waals surface area contributed by atoms with Crippen LogP contribution in [0, 0.1) is 0 Å². The summed E-state index contributed by atoms with van der Waals surface area (Å²) in [6, 6.07) is 6.12. The number of alkyl halides is 3. The molecule has 0 aromatic heterocycles. The van der Waals surface area contributed by atoms with Crippen LogP contribution in [0.25, 0.3) is 0 Å². The predicted octanol–water partition coefficient (Wildman–Crippen LogP) is 1.80. The second-order valence-corrected chi connectivity index (χ2v) is 4.22. The number of carbonyl (C=O) groups is 1. The molecule has 0 radical (unpaired) electrons. The van der Waals surface area contributed by atoms with E-state index in [0.717, 1.165) is 0 Å². The largest absolute Gasteiger partial charge is 0.411 e. The first kappa shape index (κ1) is 12.7. The van der Waals surface area contributed by atoms with Crippen LogP contribution in [0.3, 0.4) is 0 Å². The van der Waals surface area contributed by atoms with Gasteiger partial charge in [0.15, 0.2) is 0 Å². The van der Waals surface area contributed by atoms with Gasteiger partial charge in [-0.05, 0) is 25.0 Å². The summed E-state index contributed by atoms with van der Waals surface area (Å²) in [5, 5.41) is 2.04. The highest BCUT2D eigenvalue weighted by Crippen LogP contribution is 2.49. The Labute approximate surface area is 101 Å². The average molecular weight is 259 g/mol. The number of nitrogens with one attached hydrogen (secondary N) is 2. The summed E-state index contributed by atoms with van der Waals surface area (Å²) >= 11 is 0. The highest BCUT2D eigenvalue weighted by molar-refractivity contribution is 6.00. The average Bonchev–Trinajstić information content (AvgIpc) is 3.09. The third-order valence-electron chi connectivity index (χ3n) is 2.97. The first-order chi connectivity index (χ1) is 8.39. The van der Waals surface area contributed by atoms with Crippen LogP contribution in [-0.4, -0.2) is 17.6 Å². The fourth-order valence-electron chi connectivity index (χ4n) is 1.70. The smallest absolute Gasteiger partial charge is 0.338 e. The minimum Gasteiger partial charge on any atom is -0.338 e. The number of hydrogen-bond acceptors (Lipinski definition) is 3. The van der Waals surface area contributed by atoms with Crippen LogP contribution in [0.15, 0.2) is 24.3 Å². The minimum absolute atomic E-state index is 0.0829. The maximum atomic E-state index is 12.7. The summed E-state index contributed by atoms with van der Waals surface area (Å²) in [6.07, 6.45) is -4.59. The lowest BCUT2D eigenvalue weighted by atomic mass is 10.1. The van der Waals surface area contributed by atoms with Gasteiger partial charge in [-0.3, -0.25) is 10.6 Å². The lowest BCUT2D eigenvalue weighted by Gasteiger charge is -2.21. The minimum atomic E-state index is -4.42. The van der Waals surface area contributed by atoms with E-state index in [-0.39, 0.29) is 24.1 Å². The van der Waals surface area contributed by atoms with Crippen LogP contribution in [0.5, 0.6) is 0 Å². The monoisotopic (exact) mass is 259 g/mol. The van der Waals surface area contributed by atoms with Crippen molar-refractivity contribution in [1.82, 2.24) is 5.32 Å². The number of benzene rings is 1. The molecule has 1 aliphatic rings. The van der Waals surface area contributed by atoms with E-state index < -0.39 is 17.6 Å². The first-order valence-corrected chi connectivity index (χ1v) is 5.34. The molecule has 0 saturated heterocycles. The molecule has 1 aliphatic carbocycles. The Bertz CT molecular complexity index is 469.